The maximum Gasteiger partial charge on any atom is 0.231 e. The van der Waals surface area contributed by atoms with E-state index in [2.05, 4.69) is 5.32 Å². The molecule has 132 valence electrons. The molecule has 0 unspecified atom stereocenters. The lowest BCUT2D eigenvalue weighted by molar-refractivity contribution is -0.119. The van der Waals surface area contributed by atoms with E-state index in [4.69, 9.17) is 0 Å². The Balaban J connectivity index is 1.71. The van der Waals surface area contributed by atoms with Gasteiger partial charge in [0.2, 0.25) is 5.91 Å². The third-order valence-electron chi connectivity index (χ3n) is 3.82. The molecule has 0 aromatic heterocycles. The van der Waals surface area contributed by atoms with Crippen molar-refractivity contribution >= 4 is 17.7 Å². The zero-order chi connectivity index (χ0) is 18.4. The second-order valence-corrected chi connectivity index (χ2v) is 6.70. The van der Waals surface area contributed by atoms with Crippen LogP contribution < -0.4 is 5.32 Å². The molecule has 1 N–H and O–H groups in total. The highest BCUT2D eigenvalue weighted by Gasteiger charge is 2.17. The number of hydrogen-bond acceptors (Lipinski definition) is 2. The normalized spacial score (nSPS) is 10.7. The van der Waals surface area contributed by atoms with Crippen molar-refractivity contribution in [1.29, 1.82) is 0 Å². The minimum absolute atomic E-state index is 0.0404. The first-order chi connectivity index (χ1) is 12.6. The molecule has 0 atom stereocenters. The molecule has 0 aliphatic rings. The van der Waals surface area contributed by atoms with Crippen LogP contribution >= 0.6 is 11.8 Å². The second-order valence-electron chi connectivity index (χ2n) is 5.69. The Morgan fingerprint density at radius 2 is 1.46 bits per heavy atom. The number of rotatable bonds is 6. The second kappa shape index (κ2) is 8.63. The summed E-state index contributed by atoms with van der Waals surface area (Å²) in [6, 6.07) is 22.3. The summed E-state index contributed by atoms with van der Waals surface area (Å²) in [7, 11) is 0. The van der Waals surface area contributed by atoms with Crippen molar-refractivity contribution in [2.24, 2.45) is 0 Å². The summed E-state index contributed by atoms with van der Waals surface area (Å²) in [5.74, 6) is -1.48. The van der Waals surface area contributed by atoms with E-state index >= 15 is 0 Å². The van der Waals surface area contributed by atoms with Crippen LogP contribution in [0.5, 0.6) is 0 Å². The van der Waals surface area contributed by atoms with Gasteiger partial charge in [0.25, 0.3) is 0 Å². The predicted molar refractivity (Wildman–Crippen MR) is 100.0 cm³/mol. The number of halogens is 2. The van der Waals surface area contributed by atoms with Crippen molar-refractivity contribution < 1.29 is 13.6 Å². The van der Waals surface area contributed by atoms with E-state index in [9.17, 15) is 13.6 Å². The van der Waals surface area contributed by atoms with Crippen LogP contribution in [0.1, 0.15) is 17.2 Å². The summed E-state index contributed by atoms with van der Waals surface area (Å²) in [5.41, 5.74) is 1.93. The zero-order valence-corrected chi connectivity index (χ0v) is 14.7. The highest BCUT2D eigenvalue weighted by molar-refractivity contribution is 8.00. The van der Waals surface area contributed by atoms with E-state index in [-0.39, 0.29) is 22.6 Å². The third kappa shape index (κ3) is 4.70. The molecule has 0 aliphatic heterocycles. The topological polar surface area (TPSA) is 29.1 Å². The predicted octanol–water partition coefficient (Wildman–Crippen LogP) is 4.96. The molecule has 0 spiro atoms. The van der Waals surface area contributed by atoms with E-state index < -0.39 is 11.6 Å². The van der Waals surface area contributed by atoms with E-state index in [1.165, 1.54) is 12.1 Å². The number of nitrogens with one attached hydrogen (secondary N) is 1. The van der Waals surface area contributed by atoms with Gasteiger partial charge in [0, 0.05) is 11.0 Å². The molecule has 0 saturated heterocycles. The quantitative estimate of drug-likeness (QED) is 0.622. The van der Waals surface area contributed by atoms with Crippen molar-refractivity contribution in [3.63, 3.8) is 0 Å². The molecular weight excluding hydrogens is 352 g/mol. The lowest BCUT2D eigenvalue weighted by Crippen LogP contribution is -2.30. The number of thioether (sulfide) groups is 1. The van der Waals surface area contributed by atoms with Gasteiger partial charge < -0.3 is 5.32 Å². The zero-order valence-electron chi connectivity index (χ0n) is 13.9. The molecule has 2 nitrogen and oxygen atoms in total. The summed E-state index contributed by atoms with van der Waals surface area (Å²) in [6.07, 6.45) is 0. The summed E-state index contributed by atoms with van der Waals surface area (Å²) < 4.78 is 26.7. The highest BCUT2D eigenvalue weighted by atomic mass is 32.2. The Kier molecular flexibility index (Phi) is 6.02. The Morgan fingerprint density at radius 1 is 0.885 bits per heavy atom. The molecule has 3 aromatic rings. The molecule has 0 radical (unpaired) electrons. The Labute approximate surface area is 155 Å². The number of carbonyl (C=O) groups excluding carboxylic acids is 1. The van der Waals surface area contributed by atoms with Gasteiger partial charge in [-0.3, -0.25) is 4.79 Å². The van der Waals surface area contributed by atoms with E-state index in [0.29, 0.717) is 0 Å². The molecule has 3 aromatic carbocycles. The van der Waals surface area contributed by atoms with Gasteiger partial charge in [0.05, 0.1) is 11.8 Å². The molecule has 1 amide bonds. The fourth-order valence-electron chi connectivity index (χ4n) is 2.59. The Hall–Kier alpha value is -2.66. The fourth-order valence-corrected chi connectivity index (χ4v) is 3.32. The minimum Gasteiger partial charge on any atom is -0.344 e. The SMILES string of the molecule is O=C(CSc1ccc(F)cc1F)NC(c1ccccc1)c1ccccc1. The summed E-state index contributed by atoms with van der Waals surface area (Å²) in [5, 5.41) is 2.99. The van der Waals surface area contributed by atoms with E-state index in [1.807, 2.05) is 60.7 Å². The van der Waals surface area contributed by atoms with E-state index in [0.717, 1.165) is 29.0 Å². The van der Waals surface area contributed by atoms with Crippen LogP contribution in [0, 0.1) is 11.6 Å². The largest absolute Gasteiger partial charge is 0.344 e. The van der Waals surface area contributed by atoms with Gasteiger partial charge in [-0.05, 0) is 23.3 Å². The van der Waals surface area contributed by atoms with Crippen LogP contribution in [0.25, 0.3) is 0 Å². The maximum atomic E-state index is 13.7. The molecule has 0 saturated carbocycles. The van der Waals surface area contributed by atoms with Gasteiger partial charge in [-0.2, -0.15) is 0 Å². The maximum absolute atomic E-state index is 13.7. The van der Waals surface area contributed by atoms with Gasteiger partial charge in [-0.15, -0.1) is 11.8 Å². The molecule has 0 aliphatic carbocycles. The molecule has 5 heteroatoms. The van der Waals surface area contributed by atoms with E-state index in [1.54, 1.807) is 0 Å². The lowest BCUT2D eigenvalue weighted by Gasteiger charge is -2.20. The average Bonchev–Trinajstić information content (AvgIpc) is 2.67. The van der Waals surface area contributed by atoms with Gasteiger partial charge in [-0.1, -0.05) is 60.7 Å². The first-order valence-electron chi connectivity index (χ1n) is 8.10. The van der Waals surface area contributed by atoms with Crippen LogP contribution in [-0.4, -0.2) is 11.7 Å². The standard InChI is InChI=1S/C21H17F2NOS/c22-17-11-12-19(18(23)13-17)26-14-20(25)24-21(15-7-3-1-4-8-15)16-9-5-2-6-10-16/h1-13,21H,14H2,(H,24,25). The summed E-state index contributed by atoms with van der Waals surface area (Å²) in [4.78, 5) is 12.7. The smallest absolute Gasteiger partial charge is 0.231 e. The van der Waals surface area contributed by atoms with Crippen LogP contribution in [0.4, 0.5) is 8.78 Å². The first kappa shape index (κ1) is 18.1. The van der Waals surface area contributed by atoms with Crippen molar-refractivity contribution in [2.45, 2.75) is 10.9 Å². The van der Waals surface area contributed by atoms with Crippen molar-refractivity contribution in [3.05, 3.63) is 102 Å². The third-order valence-corrected chi connectivity index (χ3v) is 4.87. The van der Waals surface area contributed by atoms with Gasteiger partial charge in [-0.25, -0.2) is 8.78 Å². The van der Waals surface area contributed by atoms with Crippen LogP contribution in [-0.2, 0) is 4.79 Å². The highest BCUT2D eigenvalue weighted by Crippen LogP contribution is 2.24. The number of benzene rings is 3. The summed E-state index contributed by atoms with van der Waals surface area (Å²) in [6.45, 7) is 0. The molecular formula is C21H17F2NOS. The molecule has 3 rings (SSSR count). The number of hydrogen-bond donors (Lipinski definition) is 1. The number of carbonyl (C=O) groups is 1. The lowest BCUT2D eigenvalue weighted by atomic mass is 9.99. The molecule has 26 heavy (non-hydrogen) atoms. The molecule has 0 bridgehead atoms. The van der Waals surface area contributed by atoms with Crippen molar-refractivity contribution in [1.82, 2.24) is 5.32 Å². The fraction of sp³-hybridized carbons (Fsp3) is 0.0952. The van der Waals surface area contributed by atoms with Crippen LogP contribution in [0.2, 0.25) is 0 Å². The van der Waals surface area contributed by atoms with Gasteiger partial charge in [0.15, 0.2) is 0 Å². The van der Waals surface area contributed by atoms with Crippen LogP contribution in [0.3, 0.4) is 0 Å². The van der Waals surface area contributed by atoms with Gasteiger partial charge >= 0.3 is 0 Å². The summed E-state index contributed by atoms with van der Waals surface area (Å²) >= 11 is 1.04. The van der Waals surface area contributed by atoms with Crippen LogP contribution in [0.15, 0.2) is 83.8 Å². The minimum atomic E-state index is -0.662. The number of amides is 1. The monoisotopic (exact) mass is 369 g/mol. The van der Waals surface area contributed by atoms with Crippen molar-refractivity contribution in [3.8, 4) is 0 Å². The van der Waals surface area contributed by atoms with Gasteiger partial charge in [0.1, 0.15) is 11.6 Å². The first-order valence-corrected chi connectivity index (χ1v) is 9.09. The Morgan fingerprint density at radius 3 is 2.00 bits per heavy atom. The molecule has 0 fully saturated rings. The Bertz CT molecular complexity index is 832. The average molecular weight is 369 g/mol. The van der Waals surface area contributed by atoms with Crippen molar-refractivity contribution in [2.75, 3.05) is 5.75 Å². The molecule has 0 heterocycles.